The fourth-order valence-corrected chi connectivity index (χ4v) is 3.22. The highest BCUT2D eigenvalue weighted by molar-refractivity contribution is 5.97. The van der Waals surface area contributed by atoms with Crippen molar-refractivity contribution in [2.45, 2.75) is 32.2 Å². The van der Waals surface area contributed by atoms with Crippen LogP contribution in [0, 0.1) is 0 Å². The Bertz CT molecular complexity index is 739. The number of hydrogen-bond acceptors (Lipinski definition) is 4. The molecule has 0 radical (unpaired) electrons. The Morgan fingerprint density at radius 1 is 1.11 bits per heavy atom. The minimum atomic E-state index is -0.110. The second-order valence-corrected chi connectivity index (χ2v) is 6.84. The van der Waals surface area contributed by atoms with Crippen LogP contribution in [0.5, 0.6) is 0 Å². The molecule has 1 fully saturated rings. The van der Waals surface area contributed by atoms with Crippen LogP contribution in [-0.2, 0) is 11.3 Å². The number of benzene rings is 1. The Kier molecular flexibility index (Phi) is 6.98. The van der Waals surface area contributed by atoms with Crippen molar-refractivity contribution in [3.05, 3.63) is 48.5 Å². The van der Waals surface area contributed by atoms with Crippen molar-refractivity contribution < 1.29 is 9.59 Å². The van der Waals surface area contributed by atoms with Gasteiger partial charge in [-0.25, -0.2) is 4.98 Å². The zero-order chi connectivity index (χ0) is 18.9. The number of nitrogens with one attached hydrogen (secondary N) is 2. The molecule has 0 saturated carbocycles. The van der Waals surface area contributed by atoms with Crippen LogP contribution in [0.3, 0.4) is 0 Å². The van der Waals surface area contributed by atoms with Gasteiger partial charge in [0, 0.05) is 49.7 Å². The van der Waals surface area contributed by atoms with Crippen molar-refractivity contribution in [3.63, 3.8) is 0 Å². The van der Waals surface area contributed by atoms with Crippen LogP contribution in [0.1, 0.15) is 36.0 Å². The molecule has 27 heavy (non-hydrogen) atoms. The summed E-state index contributed by atoms with van der Waals surface area (Å²) < 4.78 is 1.85. The van der Waals surface area contributed by atoms with E-state index < -0.39 is 0 Å². The molecule has 1 aromatic carbocycles. The Morgan fingerprint density at radius 3 is 2.74 bits per heavy atom. The highest BCUT2D eigenvalue weighted by Gasteiger charge is 2.11. The highest BCUT2D eigenvalue weighted by atomic mass is 16.2. The number of imidazole rings is 1. The van der Waals surface area contributed by atoms with Crippen LogP contribution < -0.4 is 10.6 Å². The summed E-state index contributed by atoms with van der Waals surface area (Å²) in [7, 11) is 0. The van der Waals surface area contributed by atoms with E-state index in [2.05, 4.69) is 20.5 Å². The van der Waals surface area contributed by atoms with Crippen molar-refractivity contribution in [1.82, 2.24) is 19.8 Å². The molecule has 1 aromatic heterocycles. The summed E-state index contributed by atoms with van der Waals surface area (Å²) in [4.78, 5) is 30.8. The second-order valence-electron chi connectivity index (χ2n) is 6.84. The van der Waals surface area contributed by atoms with Crippen LogP contribution in [0.2, 0.25) is 0 Å². The van der Waals surface area contributed by atoms with Crippen molar-refractivity contribution in [1.29, 1.82) is 0 Å². The first kappa shape index (κ1) is 19.1. The van der Waals surface area contributed by atoms with Gasteiger partial charge in [-0.1, -0.05) is 12.5 Å². The molecule has 0 atom stereocenters. The maximum atomic E-state index is 12.4. The van der Waals surface area contributed by atoms with E-state index in [0.717, 1.165) is 19.6 Å². The average molecular weight is 369 g/mol. The minimum Gasteiger partial charge on any atom is -0.351 e. The number of piperidine rings is 1. The molecule has 1 aliphatic rings. The monoisotopic (exact) mass is 369 g/mol. The molecule has 2 amide bonds. The summed E-state index contributed by atoms with van der Waals surface area (Å²) in [6, 6.07) is 7.05. The standard InChI is InChI=1S/C20H27N5O2/c26-19(7-12-25-13-8-21-16-25)23-18-6-4-5-17(15-18)20(27)22-9-14-24-10-2-1-3-11-24/h4-6,8,13,15-16H,1-3,7,9-12,14H2,(H,22,27)(H,23,26). The summed E-state index contributed by atoms with van der Waals surface area (Å²) in [5.74, 6) is -0.201. The molecule has 7 nitrogen and oxygen atoms in total. The number of amides is 2. The number of anilines is 1. The number of aryl methyl sites for hydroxylation is 1. The number of likely N-dealkylation sites (tertiary alicyclic amines) is 1. The van der Waals surface area contributed by atoms with E-state index in [4.69, 9.17) is 0 Å². The number of rotatable bonds is 8. The molecular formula is C20H27N5O2. The molecule has 0 bridgehead atoms. The number of hydrogen-bond donors (Lipinski definition) is 2. The maximum Gasteiger partial charge on any atom is 0.251 e. The minimum absolute atomic E-state index is 0.0913. The molecule has 2 heterocycles. The highest BCUT2D eigenvalue weighted by Crippen LogP contribution is 2.12. The Labute approximate surface area is 159 Å². The van der Waals surface area contributed by atoms with Gasteiger partial charge in [0.05, 0.1) is 6.33 Å². The normalized spacial score (nSPS) is 14.7. The van der Waals surface area contributed by atoms with E-state index >= 15 is 0 Å². The first-order valence-corrected chi connectivity index (χ1v) is 9.57. The number of carbonyl (C=O) groups excluding carboxylic acids is 2. The van der Waals surface area contributed by atoms with E-state index in [0.29, 0.717) is 30.8 Å². The Hall–Kier alpha value is -2.67. The second kappa shape index (κ2) is 9.87. The first-order valence-electron chi connectivity index (χ1n) is 9.57. The number of carbonyl (C=O) groups is 2. The third kappa shape index (κ3) is 6.21. The van der Waals surface area contributed by atoms with Crippen molar-refractivity contribution in [2.24, 2.45) is 0 Å². The van der Waals surface area contributed by atoms with Gasteiger partial charge in [-0.2, -0.15) is 0 Å². The van der Waals surface area contributed by atoms with Crippen LogP contribution >= 0.6 is 0 Å². The molecule has 144 valence electrons. The van der Waals surface area contributed by atoms with Gasteiger partial charge in [0.15, 0.2) is 0 Å². The summed E-state index contributed by atoms with van der Waals surface area (Å²) in [5, 5.41) is 5.81. The van der Waals surface area contributed by atoms with Gasteiger partial charge in [0.1, 0.15) is 0 Å². The Morgan fingerprint density at radius 2 is 1.96 bits per heavy atom. The summed E-state index contributed by atoms with van der Waals surface area (Å²) >= 11 is 0. The van der Waals surface area contributed by atoms with Gasteiger partial charge >= 0.3 is 0 Å². The molecule has 0 aliphatic carbocycles. The number of nitrogens with zero attached hydrogens (tertiary/aromatic N) is 3. The smallest absolute Gasteiger partial charge is 0.251 e. The van der Waals surface area contributed by atoms with Gasteiger partial charge in [-0.15, -0.1) is 0 Å². The van der Waals surface area contributed by atoms with Crippen molar-refractivity contribution >= 4 is 17.5 Å². The fraction of sp³-hybridized carbons (Fsp3) is 0.450. The molecule has 7 heteroatoms. The van der Waals surface area contributed by atoms with Gasteiger partial charge in [0.2, 0.25) is 5.91 Å². The average Bonchev–Trinajstić information content (AvgIpc) is 3.21. The molecule has 0 unspecified atom stereocenters. The van der Waals surface area contributed by atoms with E-state index in [1.807, 2.05) is 10.8 Å². The number of aromatic nitrogens is 2. The summed E-state index contributed by atoms with van der Waals surface area (Å²) in [5.41, 5.74) is 1.19. The third-order valence-electron chi connectivity index (χ3n) is 4.73. The van der Waals surface area contributed by atoms with E-state index in [1.165, 1.54) is 19.3 Å². The zero-order valence-electron chi connectivity index (χ0n) is 15.6. The largest absolute Gasteiger partial charge is 0.351 e. The van der Waals surface area contributed by atoms with Gasteiger partial charge in [-0.05, 0) is 44.1 Å². The zero-order valence-corrected chi connectivity index (χ0v) is 15.6. The maximum absolute atomic E-state index is 12.4. The molecular weight excluding hydrogens is 342 g/mol. The topological polar surface area (TPSA) is 79.3 Å². The van der Waals surface area contributed by atoms with E-state index in [9.17, 15) is 9.59 Å². The van der Waals surface area contributed by atoms with Gasteiger partial charge in [0.25, 0.3) is 5.91 Å². The van der Waals surface area contributed by atoms with Gasteiger partial charge < -0.3 is 20.1 Å². The first-order chi connectivity index (χ1) is 13.2. The Balaban J connectivity index is 1.44. The van der Waals surface area contributed by atoms with Crippen molar-refractivity contribution in [2.75, 3.05) is 31.5 Å². The SMILES string of the molecule is O=C(CCn1ccnc1)Nc1cccc(C(=O)NCCN2CCCCC2)c1. The molecule has 1 saturated heterocycles. The van der Waals surface area contributed by atoms with E-state index in [-0.39, 0.29) is 11.8 Å². The van der Waals surface area contributed by atoms with Crippen LogP contribution in [0.15, 0.2) is 43.0 Å². The molecule has 1 aliphatic heterocycles. The van der Waals surface area contributed by atoms with Crippen LogP contribution in [0.4, 0.5) is 5.69 Å². The molecule has 2 aromatic rings. The summed E-state index contributed by atoms with van der Waals surface area (Å²) in [6.07, 6.45) is 9.34. The quantitative estimate of drug-likeness (QED) is 0.747. The van der Waals surface area contributed by atoms with Crippen LogP contribution in [-0.4, -0.2) is 52.4 Å². The lowest BCUT2D eigenvalue weighted by Gasteiger charge is -2.26. The molecule has 2 N–H and O–H groups in total. The summed E-state index contributed by atoms with van der Waals surface area (Å²) in [6.45, 7) is 4.34. The van der Waals surface area contributed by atoms with Crippen LogP contribution in [0.25, 0.3) is 0 Å². The fourth-order valence-electron chi connectivity index (χ4n) is 3.22. The lowest BCUT2D eigenvalue weighted by molar-refractivity contribution is -0.116. The molecule has 3 rings (SSSR count). The lowest BCUT2D eigenvalue weighted by atomic mass is 10.1. The third-order valence-corrected chi connectivity index (χ3v) is 4.73. The lowest BCUT2D eigenvalue weighted by Crippen LogP contribution is -2.37. The predicted molar refractivity (Wildman–Crippen MR) is 105 cm³/mol. The van der Waals surface area contributed by atoms with E-state index in [1.54, 1.807) is 36.8 Å². The van der Waals surface area contributed by atoms with Gasteiger partial charge in [-0.3, -0.25) is 9.59 Å². The molecule has 0 spiro atoms. The predicted octanol–water partition coefficient (Wildman–Crippen LogP) is 2.13. The van der Waals surface area contributed by atoms with Crippen molar-refractivity contribution in [3.8, 4) is 0 Å².